The Morgan fingerprint density at radius 2 is 2.00 bits per heavy atom. The lowest BCUT2D eigenvalue weighted by molar-refractivity contribution is 1.00. The van der Waals surface area contributed by atoms with Crippen LogP contribution in [-0.4, -0.2) is 9.97 Å². The zero-order chi connectivity index (χ0) is 9.10. The van der Waals surface area contributed by atoms with Crippen LogP contribution in [0, 0.1) is 6.92 Å². The molecule has 0 saturated heterocycles. The van der Waals surface area contributed by atoms with Crippen molar-refractivity contribution in [1.29, 1.82) is 0 Å². The maximum atomic E-state index is 4.31. The van der Waals surface area contributed by atoms with Gasteiger partial charge < -0.3 is 0 Å². The first kappa shape index (κ1) is 8.17. The maximum absolute atomic E-state index is 4.31. The number of aromatic nitrogens is 2. The molecule has 2 heteroatoms. The van der Waals surface area contributed by atoms with Crippen LogP contribution < -0.4 is 0 Å². The Morgan fingerprint density at radius 1 is 1.15 bits per heavy atom. The number of fused-ring (bicyclic) bond motifs is 1. The summed E-state index contributed by atoms with van der Waals surface area (Å²) >= 11 is 0. The summed E-state index contributed by atoms with van der Waals surface area (Å²) in [5.74, 6) is 0. The Morgan fingerprint density at radius 3 is 2.85 bits per heavy atom. The smallest absolute Gasteiger partial charge is 0.0918 e. The lowest BCUT2D eigenvalue weighted by Gasteiger charge is -2.01. The van der Waals surface area contributed by atoms with E-state index in [1.165, 1.54) is 5.56 Å². The van der Waals surface area contributed by atoms with Crippen molar-refractivity contribution in [3.8, 4) is 0 Å². The van der Waals surface area contributed by atoms with Gasteiger partial charge in [0.25, 0.3) is 0 Å². The fraction of sp³-hybridized carbons (Fsp3) is 0.182. The van der Waals surface area contributed by atoms with E-state index in [9.17, 15) is 0 Å². The highest BCUT2D eigenvalue weighted by Crippen LogP contribution is 2.14. The van der Waals surface area contributed by atoms with Gasteiger partial charge in [-0.3, -0.25) is 9.97 Å². The monoisotopic (exact) mass is 171 g/mol. The topological polar surface area (TPSA) is 25.8 Å². The molecule has 0 spiro atoms. The summed E-state index contributed by atoms with van der Waals surface area (Å²) < 4.78 is 0. The van der Waals surface area contributed by atoms with Gasteiger partial charge >= 0.3 is 0 Å². The summed E-state index contributed by atoms with van der Waals surface area (Å²) in [6.07, 6.45) is 5.32. The number of hydrogen-bond donors (Lipinski definition) is 0. The minimum atomic E-state index is 0.898. The van der Waals surface area contributed by atoms with Gasteiger partial charge in [-0.05, 0) is 24.5 Å². The van der Waals surface area contributed by atoms with Gasteiger partial charge in [-0.2, -0.15) is 0 Å². The van der Waals surface area contributed by atoms with Gasteiger partial charge in [0.15, 0.2) is 0 Å². The van der Waals surface area contributed by atoms with Crippen molar-refractivity contribution in [2.75, 3.05) is 0 Å². The molecular weight excluding hydrogens is 160 g/mol. The van der Waals surface area contributed by atoms with E-state index in [0.717, 1.165) is 23.9 Å². The van der Waals surface area contributed by atoms with Gasteiger partial charge in [0.2, 0.25) is 0 Å². The molecule has 13 heavy (non-hydrogen) atoms. The zero-order valence-electron chi connectivity index (χ0n) is 7.40. The third-order valence-electron chi connectivity index (χ3n) is 2.03. The molecule has 2 aromatic rings. The minimum absolute atomic E-state index is 0.898. The molecule has 0 aliphatic carbocycles. The average Bonchev–Trinajstić information content (AvgIpc) is 2.19. The molecule has 2 rings (SSSR count). The average molecular weight is 171 g/mol. The van der Waals surface area contributed by atoms with Crippen LogP contribution in [0.3, 0.4) is 0 Å². The molecule has 1 heterocycles. The third kappa shape index (κ3) is 1.52. The van der Waals surface area contributed by atoms with Crippen molar-refractivity contribution >= 4 is 11.0 Å². The number of rotatable bonds is 2. The SMILES string of the molecule is [CH2]CCc1cccc2nccnc12. The maximum Gasteiger partial charge on any atom is 0.0918 e. The first-order valence-electron chi connectivity index (χ1n) is 4.39. The van der Waals surface area contributed by atoms with Crippen LogP contribution in [0.1, 0.15) is 12.0 Å². The molecule has 0 aliphatic heterocycles. The van der Waals surface area contributed by atoms with Crippen molar-refractivity contribution in [2.45, 2.75) is 12.8 Å². The Balaban J connectivity index is 2.61. The quantitative estimate of drug-likeness (QED) is 0.693. The second kappa shape index (κ2) is 3.52. The Labute approximate surface area is 77.6 Å². The Hall–Kier alpha value is -1.44. The number of benzene rings is 1. The fourth-order valence-corrected chi connectivity index (χ4v) is 1.44. The van der Waals surface area contributed by atoms with E-state index in [1.54, 1.807) is 12.4 Å². The largest absolute Gasteiger partial charge is 0.253 e. The lowest BCUT2D eigenvalue weighted by Crippen LogP contribution is -1.89. The second-order valence-corrected chi connectivity index (χ2v) is 2.94. The molecule has 0 bridgehead atoms. The number of nitrogens with zero attached hydrogens (tertiary/aromatic N) is 2. The van der Waals surface area contributed by atoms with Gasteiger partial charge in [-0.25, -0.2) is 0 Å². The van der Waals surface area contributed by atoms with Crippen LogP contribution in [0.5, 0.6) is 0 Å². The third-order valence-corrected chi connectivity index (χ3v) is 2.03. The van der Waals surface area contributed by atoms with E-state index in [2.05, 4.69) is 23.0 Å². The van der Waals surface area contributed by atoms with Crippen LogP contribution in [0.15, 0.2) is 30.6 Å². The number of para-hydroxylation sites is 1. The van der Waals surface area contributed by atoms with E-state index < -0.39 is 0 Å². The summed E-state index contributed by atoms with van der Waals surface area (Å²) in [6.45, 7) is 3.84. The first-order valence-corrected chi connectivity index (χ1v) is 4.39. The molecule has 1 radical (unpaired) electrons. The van der Waals surface area contributed by atoms with E-state index in [1.807, 2.05) is 12.1 Å². The van der Waals surface area contributed by atoms with Gasteiger partial charge in [0.05, 0.1) is 11.0 Å². The molecule has 1 aromatic carbocycles. The van der Waals surface area contributed by atoms with Crippen molar-refractivity contribution in [3.63, 3.8) is 0 Å². The predicted molar refractivity (Wildman–Crippen MR) is 53.2 cm³/mol. The molecule has 0 atom stereocenters. The highest BCUT2D eigenvalue weighted by Gasteiger charge is 2.00. The van der Waals surface area contributed by atoms with Crippen LogP contribution in [0.4, 0.5) is 0 Å². The summed E-state index contributed by atoms with van der Waals surface area (Å²) in [6, 6.07) is 6.08. The summed E-state index contributed by atoms with van der Waals surface area (Å²) in [7, 11) is 0. The van der Waals surface area contributed by atoms with E-state index >= 15 is 0 Å². The summed E-state index contributed by atoms with van der Waals surface area (Å²) in [4.78, 5) is 8.55. The predicted octanol–water partition coefficient (Wildman–Crippen LogP) is 2.40. The van der Waals surface area contributed by atoms with Crippen LogP contribution in [0.25, 0.3) is 11.0 Å². The minimum Gasteiger partial charge on any atom is -0.253 e. The van der Waals surface area contributed by atoms with Crippen molar-refractivity contribution < 1.29 is 0 Å². The number of hydrogen-bond acceptors (Lipinski definition) is 2. The van der Waals surface area contributed by atoms with Gasteiger partial charge in [-0.15, -0.1) is 0 Å². The van der Waals surface area contributed by atoms with Gasteiger partial charge in [0, 0.05) is 12.4 Å². The summed E-state index contributed by atoms with van der Waals surface area (Å²) in [5.41, 5.74) is 3.21. The highest BCUT2D eigenvalue weighted by atomic mass is 14.8. The van der Waals surface area contributed by atoms with E-state index in [0.29, 0.717) is 0 Å². The summed E-state index contributed by atoms with van der Waals surface area (Å²) in [5, 5.41) is 0. The lowest BCUT2D eigenvalue weighted by atomic mass is 10.1. The van der Waals surface area contributed by atoms with Crippen LogP contribution >= 0.6 is 0 Å². The first-order chi connectivity index (χ1) is 6.42. The molecule has 0 aliphatic rings. The molecule has 0 amide bonds. The number of aryl methyl sites for hydroxylation is 1. The standard InChI is InChI=1S/C11H11N2/c1-2-4-9-5-3-6-10-11(9)13-8-7-12-10/h3,5-8H,1-2,4H2. The fourth-order valence-electron chi connectivity index (χ4n) is 1.44. The van der Waals surface area contributed by atoms with Gasteiger partial charge in [-0.1, -0.05) is 19.1 Å². The molecule has 1 aromatic heterocycles. The van der Waals surface area contributed by atoms with Crippen LogP contribution in [-0.2, 0) is 6.42 Å². The molecule has 2 nitrogen and oxygen atoms in total. The van der Waals surface area contributed by atoms with Crippen molar-refractivity contribution in [3.05, 3.63) is 43.1 Å². The second-order valence-electron chi connectivity index (χ2n) is 2.94. The molecular formula is C11H11N2. The Kier molecular flexibility index (Phi) is 2.21. The van der Waals surface area contributed by atoms with E-state index in [-0.39, 0.29) is 0 Å². The van der Waals surface area contributed by atoms with E-state index in [4.69, 9.17) is 0 Å². The zero-order valence-corrected chi connectivity index (χ0v) is 7.40. The molecule has 0 unspecified atom stereocenters. The molecule has 0 N–H and O–H groups in total. The molecule has 0 saturated carbocycles. The molecule has 0 fully saturated rings. The Bertz CT molecular complexity index is 404. The molecule has 65 valence electrons. The van der Waals surface area contributed by atoms with Crippen molar-refractivity contribution in [2.24, 2.45) is 0 Å². The van der Waals surface area contributed by atoms with Gasteiger partial charge in [0.1, 0.15) is 0 Å². The van der Waals surface area contributed by atoms with Crippen LogP contribution in [0.2, 0.25) is 0 Å². The highest BCUT2D eigenvalue weighted by molar-refractivity contribution is 5.77. The normalized spacial score (nSPS) is 10.5. The van der Waals surface area contributed by atoms with Crippen molar-refractivity contribution in [1.82, 2.24) is 9.97 Å².